The summed E-state index contributed by atoms with van der Waals surface area (Å²) in [6.45, 7) is 13.0. The summed E-state index contributed by atoms with van der Waals surface area (Å²) in [6.07, 6.45) is 2.02. The standard InChI is InChI=1S/C15H30N4S/c1-7-16-13(4)14-10-17-15(20-14)19(11-12(2)3)9-8-18(5)6/h10,12-13,16H,7-9,11H2,1-6H3. The van der Waals surface area contributed by atoms with Crippen LogP contribution in [0.25, 0.3) is 0 Å². The minimum Gasteiger partial charge on any atom is -0.347 e. The zero-order valence-corrected chi connectivity index (χ0v) is 14.6. The maximum absolute atomic E-state index is 4.64. The van der Waals surface area contributed by atoms with Crippen LogP contribution < -0.4 is 10.2 Å². The van der Waals surface area contributed by atoms with E-state index in [1.807, 2.05) is 17.5 Å². The second-order valence-corrected chi connectivity index (χ2v) is 7.01. The molecule has 20 heavy (non-hydrogen) atoms. The minimum atomic E-state index is 0.390. The molecular weight excluding hydrogens is 268 g/mol. The molecule has 1 heterocycles. The maximum Gasteiger partial charge on any atom is 0.185 e. The topological polar surface area (TPSA) is 31.4 Å². The molecule has 1 aromatic rings. The van der Waals surface area contributed by atoms with Crippen molar-refractivity contribution >= 4 is 16.5 Å². The highest BCUT2D eigenvalue weighted by atomic mass is 32.1. The molecule has 0 fully saturated rings. The van der Waals surface area contributed by atoms with Crippen molar-refractivity contribution in [1.82, 2.24) is 15.2 Å². The fraction of sp³-hybridized carbons (Fsp3) is 0.800. The van der Waals surface area contributed by atoms with Crippen molar-refractivity contribution in [3.8, 4) is 0 Å². The molecule has 0 saturated heterocycles. The van der Waals surface area contributed by atoms with Gasteiger partial charge in [-0.15, -0.1) is 11.3 Å². The van der Waals surface area contributed by atoms with Crippen LogP contribution in [0.15, 0.2) is 6.20 Å². The molecule has 1 aromatic heterocycles. The van der Waals surface area contributed by atoms with E-state index in [0.717, 1.165) is 31.3 Å². The Balaban J connectivity index is 2.74. The average molecular weight is 298 g/mol. The summed E-state index contributed by atoms with van der Waals surface area (Å²) in [5, 5.41) is 4.60. The van der Waals surface area contributed by atoms with E-state index in [1.54, 1.807) is 0 Å². The summed E-state index contributed by atoms with van der Waals surface area (Å²) in [5.41, 5.74) is 0. The van der Waals surface area contributed by atoms with Crippen LogP contribution in [0.2, 0.25) is 0 Å². The summed E-state index contributed by atoms with van der Waals surface area (Å²) < 4.78 is 0. The molecule has 0 spiro atoms. The van der Waals surface area contributed by atoms with E-state index in [0.29, 0.717) is 12.0 Å². The Morgan fingerprint density at radius 1 is 1.25 bits per heavy atom. The molecular formula is C15H30N4S. The largest absolute Gasteiger partial charge is 0.347 e. The number of likely N-dealkylation sites (N-methyl/N-ethyl adjacent to an activating group) is 1. The lowest BCUT2D eigenvalue weighted by Crippen LogP contribution is -2.34. The Labute approximate surface area is 128 Å². The minimum absolute atomic E-state index is 0.390. The Morgan fingerprint density at radius 2 is 1.95 bits per heavy atom. The molecule has 116 valence electrons. The van der Waals surface area contributed by atoms with Crippen molar-refractivity contribution < 1.29 is 0 Å². The third-order valence-electron chi connectivity index (χ3n) is 3.12. The molecule has 0 aliphatic rings. The van der Waals surface area contributed by atoms with Crippen molar-refractivity contribution in [3.63, 3.8) is 0 Å². The molecule has 1 unspecified atom stereocenters. The van der Waals surface area contributed by atoms with E-state index in [9.17, 15) is 0 Å². The third-order valence-corrected chi connectivity index (χ3v) is 4.36. The van der Waals surface area contributed by atoms with Gasteiger partial charge in [-0.3, -0.25) is 0 Å². The van der Waals surface area contributed by atoms with Crippen LogP contribution in [0.4, 0.5) is 5.13 Å². The highest BCUT2D eigenvalue weighted by Crippen LogP contribution is 2.27. The molecule has 1 rings (SSSR count). The number of nitrogens with zero attached hydrogens (tertiary/aromatic N) is 3. The van der Waals surface area contributed by atoms with Crippen molar-refractivity contribution in [3.05, 3.63) is 11.1 Å². The zero-order valence-electron chi connectivity index (χ0n) is 13.8. The Hall–Kier alpha value is -0.650. The second-order valence-electron chi connectivity index (χ2n) is 5.97. The summed E-state index contributed by atoms with van der Waals surface area (Å²) in [6, 6.07) is 0.390. The van der Waals surface area contributed by atoms with Crippen molar-refractivity contribution in [2.75, 3.05) is 45.2 Å². The van der Waals surface area contributed by atoms with Gasteiger partial charge in [0.05, 0.1) is 0 Å². The molecule has 0 radical (unpaired) electrons. The second kappa shape index (κ2) is 8.60. The van der Waals surface area contributed by atoms with Gasteiger partial charge in [0.1, 0.15) is 0 Å². The highest BCUT2D eigenvalue weighted by Gasteiger charge is 2.15. The van der Waals surface area contributed by atoms with Crippen LogP contribution in [0, 0.1) is 5.92 Å². The van der Waals surface area contributed by atoms with Gasteiger partial charge >= 0.3 is 0 Å². The Kier molecular flexibility index (Phi) is 7.48. The molecule has 0 aliphatic heterocycles. The first-order valence-corrected chi connectivity index (χ1v) is 8.34. The first-order valence-electron chi connectivity index (χ1n) is 7.52. The predicted octanol–water partition coefficient (Wildman–Crippen LogP) is 2.84. The molecule has 0 aromatic carbocycles. The van der Waals surface area contributed by atoms with Crippen LogP contribution in [0.1, 0.15) is 38.6 Å². The number of anilines is 1. The highest BCUT2D eigenvalue weighted by molar-refractivity contribution is 7.15. The third kappa shape index (κ3) is 5.77. The van der Waals surface area contributed by atoms with E-state index in [2.05, 4.69) is 61.9 Å². The number of hydrogen-bond donors (Lipinski definition) is 1. The lowest BCUT2D eigenvalue weighted by molar-refractivity contribution is 0.409. The van der Waals surface area contributed by atoms with Gasteiger partial charge in [-0.1, -0.05) is 20.8 Å². The molecule has 1 N–H and O–H groups in total. The zero-order chi connectivity index (χ0) is 15.1. The van der Waals surface area contributed by atoms with E-state index >= 15 is 0 Å². The van der Waals surface area contributed by atoms with Gasteiger partial charge in [0.2, 0.25) is 0 Å². The molecule has 0 aliphatic carbocycles. The molecule has 0 saturated carbocycles. The van der Waals surface area contributed by atoms with Gasteiger partial charge in [0, 0.05) is 36.8 Å². The monoisotopic (exact) mass is 298 g/mol. The molecule has 4 nitrogen and oxygen atoms in total. The fourth-order valence-electron chi connectivity index (χ4n) is 2.06. The number of thiazole rings is 1. The summed E-state index contributed by atoms with van der Waals surface area (Å²) in [4.78, 5) is 10.6. The van der Waals surface area contributed by atoms with Gasteiger partial charge in [-0.25, -0.2) is 4.98 Å². The van der Waals surface area contributed by atoms with Crippen LogP contribution in [0.5, 0.6) is 0 Å². The van der Waals surface area contributed by atoms with Crippen molar-refractivity contribution in [2.45, 2.75) is 33.7 Å². The quantitative estimate of drug-likeness (QED) is 0.759. The van der Waals surface area contributed by atoms with E-state index in [-0.39, 0.29) is 0 Å². The lowest BCUT2D eigenvalue weighted by Gasteiger charge is -2.25. The van der Waals surface area contributed by atoms with Gasteiger partial charge in [0.25, 0.3) is 0 Å². The SMILES string of the molecule is CCNC(C)c1cnc(N(CCN(C)C)CC(C)C)s1. The van der Waals surface area contributed by atoms with Crippen molar-refractivity contribution in [2.24, 2.45) is 5.92 Å². The number of rotatable bonds is 9. The van der Waals surface area contributed by atoms with Gasteiger partial charge in [-0.2, -0.15) is 0 Å². The molecule has 5 heteroatoms. The summed E-state index contributed by atoms with van der Waals surface area (Å²) in [7, 11) is 4.24. The van der Waals surface area contributed by atoms with Gasteiger partial charge in [0.15, 0.2) is 5.13 Å². The van der Waals surface area contributed by atoms with Crippen LogP contribution >= 0.6 is 11.3 Å². The van der Waals surface area contributed by atoms with E-state index in [1.165, 1.54) is 4.88 Å². The summed E-state index contributed by atoms with van der Waals surface area (Å²) >= 11 is 1.82. The normalized spacial score (nSPS) is 13.2. The predicted molar refractivity (Wildman–Crippen MR) is 89.8 cm³/mol. The van der Waals surface area contributed by atoms with Crippen LogP contribution in [0.3, 0.4) is 0 Å². The maximum atomic E-state index is 4.64. The Morgan fingerprint density at radius 3 is 2.50 bits per heavy atom. The number of aromatic nitrogens is 1. The summed E-state index contributed by atoms with van der Waals surface area (Å²) in [5.74, 6) is 0.649. The number of hydrogen-bond acceptors (Lipinski definition) is 5. The molecule has 0 bridgehead atoms. The number of nitrogens with one attached hydrogen (secondary N) is 1. The lowest BCUT2D eigenvalue weighted by atomic mass is 10.2. The first kappa shape index (κ1) is 17.4. The van der Waals surface area contributed by atoms with E-state index in [4.69, 9.17) is 0 Å². The van der Waals surface area contributed by atoms with E-state index < -0.39 is 0 Å². The van der Waals surface area contributed by atoms with Crippen molar-refractivity contribution in [1.29, 1.82) is 0 Å². The fourth-order valence-corrected chi connectivity index (χ4v) is 3.03. The first-order chi connectivity index (χ1) is 9.43. The average Bonchev–Trinajstić information content (AvgIpc) is 2.83. The molecule has 0 amide bonds. The molecule has 1 atom stereocenters. The Bertz CT molecular complexity index is 376. The van der Waals surface area contributed by atoms with Crippen LogP contribution in [-0.2, 0) is 0 Å². The van der Waals surface area contributed by atoms with Gasteiger partial charge < -0.3 is 15.1 Å². The van der Waals surface area contributed by atoms with Gasteiger partial charge in [-0.05, 0) is 33.5 Å². The smallest absolute Gasteiger partial charge is 0.185 e. The van der Waals surface area contributed by atoms with Crippen LogP contribution in [-0.4, -0.2) is 50.2 Å².